The summed E-state index contributed by atoms with van der Waals surface area (Å²) in [7, 11) is -2.46. The van der Waals surface area contributed by atoms with Crippen molar-refractivity contribution in [1.29, 1.82) is 0 Å². The van der Waals surface area contributed by atoms with Crippen molar-refractivity contribution in [1.82, 2.24) is 0 Å². The zero-order chi connectivity index (χ0) is 25.0. The summed E-state index contributed by atoms with van der Waals surface area (Å²) in [6, 6.07) is 0.818. The molecule has 0 amide bonds. The summed E-state index contributed by atoms with van der Waals surface area (Å²) in [4.78, 5) is 0. The minimum Gasteiger partial charge on any atom is -0.385 e. The number of nitrogens with two attached hydrogens (primary N) is 1. The molecule has 0 heterocycles. The SMILES string of the molecule is CCCCCCCCCCCCCCCC.CCO[Si](CCCSC(N)=S)(OCC)OCC. The van der Waals surface area contributed by atoms with Crippen LogP contribution in [0.15, 0.2) is 0 Å². The van der Waals surface area contributed by atoms with Gasteiger partial charge in [0.25, 0.3) is 0 Å². The topological polar surface area (TPSA) is 53.7 Å². The van der Waals surface area contributed by atoms with Crippen molar-refractivity contribution in [3.63, 3.8) is 0 Å². The molecule has 4 nitrogen and oxygen atoms in total. The zero-order valence-electron chi connectivity index (χ0n) is 22.8. The van der Waals surface area contributed by atoms with Gasteiger partial charge in [-0.25, -0.2) is 0 Å². The highest BCUT2D eigenvalue weighted by molar-refractivity contribution is 8.22. The molecule has 0 aromatic rings. The summed E-state index contributed by atoms with van der Waals surface area (Å²) in [6.45, 7) is 12.3. The minimum atomic E-state index is -2.46. The van der Waals surface area contributed by atoms with E-state index < -0.39 is 8.80 Å². The van der Waals surface area contributed by atoms with E-state index in [2.05, 4.69) is 13.8 Å². The fourth-order valence-corrected chi connectivity index (χ4v) is 7.34. The number of rotatable bonds is 23. The highest BCUT2D eigenvalue weighted by Crippen LogP contribution is 2.20. The molecule has 0 bridgehead atoms. The zero-order valence-corrected chi connectivity index (χ0v) is 25.4. The fourth-order valence-electron chi connectivity index (χ4n) is 3.73. The van der Waals surface area contributed by atoms with Gasteiger partial charge in [-0.05, 0) is 27.2 Å². The van der Waals surface area contributed by atoms with Gasteiger partial charge in [0, 0.05) is 31.6 Å². The Morgan fingerprint density at radius 3 is 1.21 bits per heavy atom. The molecule has 0 radical (unpaired) electrons. The maximum absolute atomic E-state index is 5.74. The van der Waals surface area contributed by atoms with Crippen LogP contribution in [0.5, 0.6) is 0 Å². The standard InChI is InChI=1S/C16H34.C10H23NO3S2Si/c1-3-5-7-9-11-13-15-16-14-12-10-8-6-4-2;1-4-12-17(13-5-2,14-6-3)9-7-8-16-10(11)15/h3-16H2,1-2H3;4-9H2,1-3H3,(H2,11,15). The molecule has 0 saturated carbocycles. The van der Waals surface area contributed by atoms with Gasteiger partial charge in [-0.15, -0.1) is 0 Å². The summed E-state index contributed by atoms with van der Waals surface area (Å²) >= 11 is 6.31. The van der Waals surface area contributed by atoms with Crippen LogP contribution in [-0.4, -0.2) is 38.7 Å². The third-order valence-corrected chi connectivity index (χ3v) is 9.70. The van der Waals surface area contributed by atoms with Crippen molar-refractivity contribution < 1.29 is 13.3 Å². The van der Waals surface area contributed by atoms with Crippen molar-refractivity contribution in [2.75, 3.05) is 25.6 Å². The Morgan fingerprint density at radius 1 is 0.606 bits per heavy atom. The van der Waals surface area contributed by atoms with Crippen LogP contribution in [-0.2, 0) is 13.3 Å². The average Bonchev–Trinajstić information content (AvgIpc) is 2.78. The van der Waals surface area contributed by atoms with Crippen LogP contribution in [0.3, 0.4) is 0 Å². The van der Waals surface area contributed by atoms with Gasteiger partial charge < -0.3 is 19.0 Å². The lowest BCUT2D eigenvalue weighted by Gasteiger charge is -2.28. The van der Waals surface area contributed by atoms with E-state index in [9.17, 15) is 0 Å². The summed E-state index contributed by atoms with van der Waals surface area (Å²) in [6.07, 6.45) is 21.4. The van der Waals surface area contributed by atoms with E-state index in [1.54, 1.807) is 0 Å². The monoisotopic (exact) mass is 523 g/mol. The van der Waals surface area contributed by atoms with Crippen LogP contribution in [0, 0.1) is 0 Å². The molecule has 33 heavy (non-hydrogen) atoms. The molecule has 0 aromatic carbocycles. The smallest absolute Gasteiger partial charge is 0.385 e. The molecule has 0 fully saturated rings. The lowest BCUT2D eigenvalue weighted by Crippen LogP contribution is -2.46. The Morgan fingerprint density at radius 2 is 0.939 bits per heavy atom. The summed E-state index contributed by atoms with van der Waals surface area (Å²) < 4.78 is 17.7. The van der Waals surface area contributed by atoms with Gasteiger partial charge in [-0.2, -0.15) is 0 Å². The van der Waals surface area contributed by atoms with E-state index in [-0.39, 0.29) is 0 Å². The molecule has 0 aromatic heterocycles. The van der Waals surface area contributed by atoms with E-state index in [1.807, 2.05) is 20.8 Å². The molecule has 0 atom stereocenters. The van der Waals surface area contributed by atoms with Crippen LogP contribution in [0.4, 0.5) is 0 Å². The Labute approximate surface area is 218 Å². The summed E-state index contributed by atoms with van der Waals surface area (Å²) in [5, 5.41) is 0. The number of hydrogen-bond donors (Lipinski definition) is 1. The highest BCUT2D eigenvalue weighted by Gasteiger charge is 2.39. The maximum atomic E-state index is 5.74. The van der Waals surface area contributed by atoms with Crippen molar-refractivity contribution >= 4 is 37.1 Å². The lowest BCUT2D eigenvalue weighted by molar-refractivity contribution is 0.0712. The first-order valence-corrected chi connectivity index (χ1v) is 17.2. The summed E-state index contributed by atoms with van der Waals surface area (Å²) in [5.74, 6) is 0.886. The van der Waals surface area contributed by atoms with Crippen molar-refractivity contribution in [3.05, 3.63) is 0 Å². The van der Waals surface area contributed by atoms with Crippen LogP contribution in [0.25, 0.3) is 0 Å². The predicted octanol–water partition coefficient (Wildman–Crippen LogP) is 8.89. The Kier molecular flexibility index (Phi) is 30.7. The molecular weight excluding hydrogens is 467 g/mol. The van der Waals surface area contributed by atoms with Gasteiger partial charge in [0.2, 0.25) is 0 Å². The fraction of sp³-hybridized carbons (Fsp3) is 0.962. The molecular formula is C26H57NO3S2Si. The average molecular weight is 524 g/mol. The van der Waals surface area contributed by atoms with Gasteiger partial charge in [-0.3, -0.25) is 0 Å². The van der Waals surface area contributed by atoms with E-state index >= 15 is 0 Å². The molecule has 0 aliphatic heterocycles. The largest absolute Gasteiger partial charge is 0.500 e. The minimum absolute atomic E-state index is 0.487. The first kappa shape index (κ1) is 35.5. The van der Waals surface area contributed by atoms with Gasteiger partial charge in [0.05, 0.1) is 0 Å². The molecule has 0 aliphatic rings. The molecule has 0 aliphatic carbocycles. The van der Waals surface area contributed by atoms with Crippen molar-refractivity contribution in [3.8, 4) is 0 Å². The maximum Gasteiger partial charge on any atom is 0.500 e. The lowest BCUT2D eigenvalue weighted by atomic mass is 10.0. The van der Waals surface area contributed by atoms with Crippen molar-refractivity contribution in [2.45, 2.75) is 137 Å². The second-order valence-electron chi connectivity index (χ2n) is 8.50. The molecule has 0 unspecified atom stereocenters. The van der Waals surface area contributed by atoms with Gasteiger partial charge in [-0.1, -0.05) is 128 Å². The van der Waals surface area contributed by atoms with E-state index in [4.69, 9.17) is 31.2 Å². The number of thiocarbonyl (C=S) groups is 1. The van der Waals surface area contributed by atoms with E-state index in [0.717, 1.165) is 18.2 Å². The van der Waals surface area contributed by atoms with Gasteiger partial charge in [0.15, 0.2) is 0 Å². The Hall–Kier alpha value is 0.337. The number of unbranched alkanes of at least 4 members (excludes halogenated alkanes) is 13. The van der Waals surface area contributed by atoms with Crippen molar-refractivity contribution in [2.24, 2.45) is 5.73 Å². The van der Waals surface area contributed by atoms with Crippen LogP contribution < -0.4 is 5.73 Å². The predicted molar refractivity (Wildman–Crippen MR) is 155 cm³/mol. The highest BCUT2D eigenvalue weighted by atomic mass is 32.2. The Bertz CT molecular complexity index is 373. The Balaban J connectivity index is 0. The normalized spacial score (nSPS) is 11.3. The molecule has 2 N–H and O–H groups in total. The quantitative estimate of drug-likeness (QED) is 0.0819. The number of hydrogen-bond acceptors (Lipinski definition) is 5. The number of thioether (sulfide) groups is 1. The van der Waals surface area contributed by atoms with E-state index in [0.29, 0.717) is 24.1 Å². The molecule has 7 heteroatoms. The van der Waals surface area contributed by atoms with Crippen LogP contribution >= 0.6 is 24.0 Å². The first-order valence-electron chi connectivity index (χ1n) is 13.9. The molecule has 200 valence electrons. The summed E-state index contributed by atoms with van der Waals surface area (Å²) in [5.41, 5.74) is 5.43. The first-order chi connectivity index (χ1) is 16.0. The van der Waals surface area contributed by atoms with Crippen LogP contribution in [0.1, 0.15) is 131 Å². The third-order valence-electron chi connectivity index (χ3n) is 5.42. The third kappa shape index (κ3) is 26.8. The molecule has 0 rings (SSSR count). The van der Waals surface area contributed by atoms with Crippen LogP contribution in [0.2, 0.25) is 6.04 Å². The van der Waals surface area contributed by atoms with Gasteiger partial charge >= 0.3 is 8.80 Å². The second kappa shape index (κ2) is 28.6. The van der Waals surface area contributed by atoms with E-state index in [1.165, 1.54) is 102 Å². The molecule has 0 spiro atoms. The molecule has 0 saturated heterocycles. The second-order valence-corrected chi connectivity index (χ2v) is 13.1. The van der Waals surface area contributed by atoms with Gasteiger partial charge in [0.1, 0.15) is 4.32 Å².